The van der Waals surface area contributed by atoms with Gasteiger partial charge in [-0.3, -0.25) is 4.18 Å². The molecule has 0 amide bonds. The Balaban J connectivity index is 0.000000387. The van der Waals surface area contributed by atoms with Gasteiger partial charge in [-0.1, -0.05) is 41.6 Å². The van der Waals surface area contributed by atoms with Crippen LogP contribution in [0.2, 0.25) is 0 Å². The lowest BCUT2D eigenvalue weighted by Gasteiger charge is -2.18. The van der Waals surface area contributed by atoms with E-state index in [1.165, 1.54) is 6.26 Å². The molecule has 34 heavy (non-hydrogen) atoms. The molecule has 0 spiro atoms. The Kier molecular flexibility index (Phi) is 8.17. The molecule has 0 aliphatic rings. The molecule has 0 aliphatic heterocycles. The lowest BCUT2D eigenvalue weighted by molar-refractivity contribution is -0.0526. The van der Waals surface area contributed by atoms with E-state index in [0.29, 0.717) is 23.5 Å². The molecule has 1 heterocycles. The molecule has 186 valence electrons. The van der Waals surface area contributed by atoms with Crippen molar-refractivity contribution in [1.29, 1.82) is 0 Å². The van der Waals surface area contributed by atoms with E-state index in [1.54, 1.807) is 17.0 Å². The molecule has 0 N–H and O–H groups in total. The molecule has 0 saturated carbocycles. The lowest BCUT2D eigenvalue weighted by Crippen LogP contribution is -2.23. The number of hydrogen-bond acceptors (Lipinski definition) is 8. The number of halogens is 3. The second-order valence-corrected chi connectivity index (χ2v) is 10.9. The second-order valence-electron chi connectivity index (χ2n) is 7.24. The highest BCUT2D eigenvalue weighted by atomic mass is 32.2. The molecule has 0 bridgehead atoms. The van der Waals surface area contributed by atoms with Crippen LogP contribution in [0.25, 0.3) is 22.4 Å². The fourth-order valence-corrected chi connectivity index (χ4v) is 4.06. The SMILES string of the molecule is COS(=O)(=O)C(F)(F)F.Cc1onc(-c2ccccc2)c1-c1ccc(S(C)(=O)=O)c(N(C)C)c1. The first kappa shape index (κ1) is 27.3. The molecule has 1 aromatic heterocycles. The number of sulfone groups is 1. The minimum absolute atomic E-state index is 0.302. The second kappa shape index (κ2) is 10.2. The molecule has 0 saturated heterocycles. The van der Waals surface area contributed by atoms with Gasteiger partial charge in [0.05, 0.1) is 23.3 Å². The topological polar surface area (TPSA) is 107 Å². The van der Waals surface area contributed by atoms with E-state index in [-0.39, 0.29) is 0 Å². The molecule has 0 radical (unpaired) electrons. The molecule has 0 atom stereocenters. The van der Waals surface area contributed by atoms with Gasteiger partial charge in [-0.25, -0.2) is 8.42 Å². The zero-order valence-corrected chi connectivity index (χ0v) is 20.5. The summed E-state index contributed by atoms with van der Waals surface area (Å²) >= 11 is 0. The molecule has 13 heteroatoms. The van der Waals surface area contributed by atoms with Gasteiger partial charge in [-0.05, 0) is 24.6 Å². The van der Waals surface area contributed by atoms with Crippen LogP contribution in [0.5, 0.6) is 0 Å². The first-order valence-electron chi connectivity index (χ1n) is 9.50. The molecule has 2 aromatic carbocycles. The third kappa shape index (κ3) is 6.15. The van der Waals surface area contributed by atoms with Gasteiger partial charge < -0.3 is 9.42 Å². The van der Waals surface area contributed by atoms with Gasteiger partial charge in [0.25, 0.3) is 0 Å². The summed E-state index contributed by atoms with van der Waals surface area (Å²) in [5, 5.41) is 4.20. The van der Waals surface area contributed by atoms with E-state index in [9.17, 15) is 30.0 Å². The molecule has 8 nitrogen and oxygen atoms in total. The minimum atomic E-state index is -5.34. The largest absolute Gasteiger partial charge is 0.523 e. The normalized spacial score (nSPS) is 12.1. The Morgan fingerprint density at radius 1 is 0.971 bits per heavy atom. The van der Waals surface area contributed by atoms with Crippen molar-refractivity contribution in [3.63, 3.8) is 0 Å². The molecular formula is C21H23F3N2O6S2. The first-order chi connectivity index (χ1) is 15.6. The zero-order valence-electron chi connectivity index (χ0n) is 18.9. The lowest BCUT2D eigenvalue weighted by atomic mass is 9.99. The Labute approximate surface area is 196 Å². The van der Waals surface area contributed by atoms with Crippen molar-refractivity contribution in [2.45, 2.75) is 17.3 Å². The smallest absolute Gasteiger partial charge is 0.377 e. The van der Waals surface area contributed by atoms with Crippen molar-refractivity contribution < 1.29 is 38.7 Å². The monoisotopic (exact) mass is 520 g/mol. The average Bonchev–Trinajstić information content (AvgIpc) is 3.14. The average molecular weight is 521 g/mol. The summed E-state index contributed by atoms with van der Waals surface area (Å²) in [6.45, 7) is 1.86. The highest BCUT2D eigenvalue weighted by molar-refractivity contribution is 7.90. The van der Waals surface area contributed by atoms with Crippen molar-refractivity contribution in [3.05, 3.63) is 54.3 Å². The van der Waals surface area contributed by atoms with Crippen molar-refractivity contribution in [1.82, 2.24) is 5.16 Å². The van der Waals surface area contributed by atoms with Crippen molar-refractivity contribution in [3.8, 4) is 22.4 Å². The van der Waals surface area contributed by atoms with Crippen LogP contribution in [0.4, 0.5) is 18.9 Å². The van der Waals surface area contributed by atoms with Crippen molar-refractivity contribution >= 4 is 25.6 Å². The van der Waals surface area contributed by atoms with E-state index in [0.717, 1.165) is 22.4 Å². The van der Waals surface area contributed by atoms with Crippen LogP contribution in [-0.2, 0) is 24.1 Å². The summed E-state index contributed by atoms with van der Waals surface area (Å²) in [5.41, 5.74) is -1.23. The third-order valence-electron chi connectivity index (χ3n) is 4.54. The maximum atomic E-state index is 12.1. The molecule has 3 aromatic rings. The van der Waals surface area contributed by atoms with E-state index in [1.807, 2.05) is 57.4 Å². The van der Waals surface area contributed by atoms with E-state index < -0.39 is 25.5 Å². The summed E-state index contributed by atoms with van der Waals surface area (Å²) in [7, 11) is -4.55. The maximum Gasteiger partial charge on any atom is 0.523 e. The molecule has 0 aliphatic carbocycles. The van der Waals surface area contributed by atoms with Gasteiger partial charge >= 0.3 is 15.6 Å². The summed E-state index contributed by atoms with van der Waals surface area (Å²) in [4.78, 5) is 2.10. The number of anilines is 1. The van der Waals surface area contributed by atoms with Crippen LogP contribution < -0.4 is 4.90 Å². The number of alkyl halides is 3. The van der Waals surface area contributed by atoms with E-state index >= 15 is 0 Å². The van der Waals surface area contributed by atoms with Gasteiger partial charge in [-0.2, -0.15) is 21.6 Å². The zero-order chi connectivity index (χ0) is 25.9. The predicted molar refractivity (Wildman–Crippen MR) is 122 cm³/mol. The summed E-state index contributed by atoms with van der Waals surface area (Å²) < 4.78 is 85.4. The van der Waals surface area contributed by atoms with Gasteiger partial charge in [0.1, 0.15) is 11.5 Å². The van der Waals surface area contributed by atoms with Crippen molar-refractivity contribution in [2.24, 2.45) is 0 Å². The molecule has 3 rings (SSSR count). The quantitative estimate of drug-likeness (QED) is 0.363. The molecule has 0 unspecified atom stereocenters. The fourth-order valence-electron chi connectivity index (χ4n) is 2.94. The fraction of sp³-hybridized carbons (Fsp3) is 0.286. The maximum absolute atomic E-state index is 12.1. The number of nitrogens with zero attached hydrogens (tertiary/aromatic N) is 2. The minimum Gasteiger partial charge on any atom is -0.377 e. The van der Waals surface area contributed by atoms with Gasteiger partial charge in [0.2, 0.25) is 0 Å². The Hall–Kier alpha value is -2.90. The van der Waals surface area contributed by atoms with Gasteiger partial charge in [-0.15, -0.1) is 0 Å². The van der Waals surface area contributed by atoms with Crippen LogP contribution in [0.3, 0.4) is 0 Å². The molecular weight excluding hydrogens is 497 g/mol. The Morgan fingerprint density at radius 3 is 2.00 bits per heavy atom. The number of rotatable bonds is 5. The van der Waals surface area contributed by atoms with Crippen LogP contribution >= 0.6 is 0 Å². The number of aromatic nitrogens is 1. The van der Waals surface area contributed by atoms with Crippen LogP contribution in [0, 0.1) is 6.92 Å². The summed E-state index contributed by atoms with van der Waals surface area (Å²) in [5.74, 6) is 0.690. The third-order valence-corrected chi connectivity index (χ3v) is 6.69. The molecule has 0 fully saturated rings. The Morgan fingerprint density at radius 2 is 1.56 bits per heavy atom. The van der Waals surface area contributed by atoms with E-state index in [2.05, 4.69) is 9.34 Å². The van der Waals surface area contributed by atoms with Gasteiger partial charge in [0.15, 0.2) is 9.84 Å². The number of hydrogen-bond donors (Lipinski definition) is 0. The standard InChI is InChI=1S/C19H20N2O3S.C2H3F3O3S/c1-13-18(19(20-24-13)14-8-6-5-7-9-14)15-10-11-17(25(4,22)23)16(12-15)21(2)3;1-8-9(6,7)2(3,4)5/h5-12H,1-4H3;1H3. The number of benzene rings is 2. The van der Waals surface area contributed by atoms with Crippen LogP contribution in [-0.4, -0.2) is 55.0 Å². The summed E-state index contributed by atoms with van der Waals surface area (Å²) in [6.07, 6.45) is 1.22. The van der Waals surface area contributed by atoms with Crippen molar-refractivity contribution in [2.75, 3.05) is 32.4 Å². The first-order valence-corrected chi connectivity index (χ1v) is 12.8. The van der Waals surface area contributed by atoms with Crippen LogP contribution in [0.1, 0.15) is 5.76 Å². The van der Waals surface area contributed by atoms with Gasteiger partial charge in [0, 0.05) is 25.9 Å². The highest BCUT2D eigenvalue weighted by Crippen LogP contribution is 2.37. The summed E-state index contributed by atoms with van der Waals surface area (Å²) in [6, 6.07) is 15.1. The Bertz CT molecular complexity index is 1350. The van der Waals surface area contributed by atoms with E-state index in [4.69, 9.17) is 4.52 Å². The number of aryl methyl sites for hydroxylation is 1. The highest BCUT2D eigenvalue weighted by Gasteiger charge is 2.46. The predicted octanol–water partition coefficient (Wildman–Crippen LogP) is 4.27. The van der Waals surface area contributed by atoms with Crippen LogP contribution in [0.15, 0.2) is 57.9 Å².